The minimum absolute atomic E-state index is 0.196. The van der Waals surface area contributed by atoms with Crippen molar-refractivity contribution >= 4 is 17.5 Å². The average Bonchev–Trinajstić information content (AvgIpc) is 2.52. The van der Waals surface area contributed by atoms with E-state index in [9.17, 15) is 23.7 Å². The second-order valence-corrected chi connectivity index (χ2v) is 8.08. The van der Waals surface area contributed by atoms with Gasteiger partial charge in [-0.25, -0.2) is 13.6 Å². The zero-order valence-electron chi connectivity index (χ0n) is 16.2. The van der Waals surface area contributed by atoms with Crippen molar-refractivity contribution in [2.75, 3.05) is 44.2 Å². The van der Waals surface area contributed by atoms with E-state index in [1.807, 2.05) is 20.8 Å². The standard InChI is InChI=1S/C18H24F2N4O4/c1-18(2,3)28-17(25)23-10-13(11-23)21-4-6-22(7-5-21)16-14(19)8-12(24(26)27)9-15(16)20/h8-9,13H,4-7,10-11H2,1-3H3. The van der Waals surface area contributed by atoms with Gasteiger partial charge in [-0.05, 0) is 20.8 Å². The molecule has 0 atom stereocenters. The number of piperazine rings is 1. The second kappa shape index (κ2) is 7.50. The largest absolute Gasteiger partial charge is 0.444 e. The molecule has 0 spiro atoms. The van der Waals surface area contributed by atoms with Gasteiger partial charge in [0.2, 0.25) is 0 Å². The predicted molar refractivity (Wildman–Crippen MR) is 98.4 cm³/mol. The van der Waals surface area contributed by atoms with E-state index < -0.39 is 27.8 Å². The molecule has 154 valence electrons. The van der Waals surface area contributed by atoms with Crippen LogP contribution in [0, 0.1) is 21.7 Å². The lowest BCUT2D eigenvalue weighted by Gasteiger charge is -2.48. The molecule has 8 nitrogen and oxygen atoms in total. The molecule has 0 N–H and O–H groups in total. The van der Waals surface area contributed by atoms with E-state index in [4.69, 9.17) is 4.74 Å². The zero-order chi connectivity index (χ0) is 20.6. The van der Waals surface area contributed by atoms with Gasteiger partial charge in [0, 0.05) is 45.3 Å². The molecule has 2 aliphatic rings. The number of non-ortho nitro benzene ring substituents is 1. The van der Waals surface area contributed by atoms with Crippen molar-refractivity contribution in [3.05, 3.63) is 33.9 Å². The number of anilines is 1. The van der Waals surface area contributed by atoms with Crippen LogP contribution in [0.25, 0.3) is 0 Å². The molecule has 0 bridgehead atoms. The van der Waals surface area contributed by atoms with Crippen LogP contribution in [0.2, 0.25) is 0 Å². The summed E-state index contributed by atoms with van der Waals surface area (Å²) >= 11 is 0. The van der Waals surface area contributed by atoms with Gasteiger partial charge in [-0.1, -0.05) is 0 Å². The van der Waals surface area contributed by atoms with Crippen molar-refractivity contribution < 1.29 is 23.2 Å². The summed E-state index contributed by atoms with van der Waals surface area (Å²) in [7, 11) is 0. The summed E-state index contributed by atoms with van der Waals surface area (Å²) in [4.78, 5) is 27.3. The number of benzene rings is 1. The Morgan fingerprint density at radius 2 is 1.68 bits per heavy atom. The Kier molecular flexibility index (Phi) is 5.42. The summed E-state index contributed by atoms with van der Waals surface area (Å²) in [5.41, 5.74) is -1.37. The van der Waals surface area contributed by atoms with E-state index in [0.717, 1.165) is 12.1 Å². The Morgan fingerprint density at radius 3 is 2.14 bits per heavy atom. The number of carbonyl (C=O) groups is 1. The quantitative estimate of drug-likeness (QED) is 0.575. The third-order valence-corrected chi connectivity index (χ3v) is 4.87. The number of nitro benzene ring substituents is 1. The minimum atomic E-state index is -0.931. The van der Waals surface area contributed by atoms with E-state index in [-0.39, 0.29) is 17.8 Å². The number of nitrogens with zero attached hydrogens (tertiary/aromatic N) is 4. The molecule has 1 aromatic carbocycles. The van der Waals surface area contributed by atoms with Crippen molar-refractivity contribution in [2.45, 2.75) is 32.4 Å². The smallest absolute Gasteiger partial charge is 0.410 e. The van der Waals surface area contributed by atoms with Crippen LogP contribution in [0.3, 0.4) is 0 Å². The first-order valence-electron chi connectivity index (χ1n) is 9.15. The van der Waals surface area contributed by atoms with E-state index in [0.29, 0.717) is 39.3 Å². The fourth-order valence-corrected chi connectivity index (χ4v) is 3.43. The summed E-state index contributed by atoms with van der Waals surface area (Å²) in [5, 5.41) is 10.7. The number of nitro groups is 1. The highest BCUT2D eigenvalue weighted by molar-refractivity contribution is 5.69. The third kappa shape index (κ3) is 4.32. The average molecular weight is 398 g/mol. The van der Waals surface area contributed by atoms with Gasteiger partial charge in [0.1, 0.15) is 11.3 Å². The molecule has 2 fully saturated rings. The Bertz CT molecular complexity index is 746. The SMILES string of the molecule is CC(C)(C)OC(=O)N1CC(N2CCN(c3c(F)cc([N+](=O)[O-])cc3F)CC2)C1. The van der Waals surface area contributed by atoms with E-state index in [2.05, 4.69) is 4.90 Å². The molecular formula is C18H24F2N4O4. The minimum Gasteiger partial charge on any atom is -0.444 e. The monoisotopic (exact) mass is 398 g/mol. The van der Waals surface area contributed by atoms with Gasteiger partial charge in [0.05, 0.1) is 17.1 Å². The Morgan fingerprint density at radius 1 is 1.14 bits per heavy atom. The fraction of sp³-hybridized carbons (Fsp3) is 0.611. The summed E-state index contributed by atoms with van der Waals surface area (Å²) < 4.78 is 33.7. The molecule has 1 amide bonds. The molecule has 0 aromatic heterocycles. The fourth-order valence-electron chi connectivity index (χ4n) is 3.43. The van der Waals surface area contributed by atoms with Crippen LogP contribution < -0.4 is 4.90 Å². The third-order valence-electron chi connectivity index (χ3n) is 4.87. The summed E-state index contributed by atoms with van der Waals surface area (Å²) in [6.07, 6.45) is -0.336. The van der Waals surface area contributed by atoms with Gasteiger partial charge < -0.3 is 14.5 Å². The van der Waals surface area contributed by atoms with E-state index >= 15 is 0 Å². The lowest BCUT2D eigenvalue weighted by Crippen LogP contribution is -2.64. The first kappa shape index (κ1) is 20.2. The van der Waals surface area contributed by atoms with Crippen molar-refractivity contribution in [3.63, 3.8) is 0 Å². The first-order valence-corrected chi connectivity index (χ1v) is 9.15. The lowest BCUT2D eigenvalue weighted by molar-refractivity contribution is -0.385. The summed E-state index contributed by atoms with van der Waals surface area (Å²) in [6.45, 7) is 8.55. The predicted octanol–water partition coefficient (Wildman–Crippen LogP) is 2.61. The molecular weight excluding hydrogens is 374 g/mol. The molecule has 10 heteroatoms. The number of rotatable bonds is 3. The van der Waals surface area contributed by atoms with Crippen molar-refractivity contribution in [2.24, 2.45) is 0 Å². The van der Waals surface area contributed by atoms with E-state index in [1.54, 1.807) is 9.80 Å². The molecule has 2 heterocycles. The van der Waals surface area contributed by atoms with Gasteiger partial charge in [0.25, 0.3) is 5.69 Å². The number of halogens is 2. The molecule has 2 aliphatic heterocycles. The van der Waals surface area contributed by atoms with Crippen LogP contribution >= 0.6 is 0 Å². The number of hydrogen-bond acceptors (Lipinski definition) is 6. The molecule has 0 aliphatic carbocycles. The highest BCUT2D eigenvalue weighted by Gasteiger charge is 2.38. The Labute approximate surface area is 161 Å². The van der Waals surface area contributed by atoms with Crippen molar-refractivity contribution in [1.29, 1.82) is 0 Å². The highest BCUT2D eigenvalue weighted by atomic mass is 19.1. The summed E-state index contributed by atoms with van der Waals surface area (Å²) in [5.74, 6) is -1.86. The number of amides is 1. The van der Waals surface area contributed by atoms with Gasteiger partial charge in [-0.3, -0.25) is 15.0 Å². The second-order valence-electron chi connectivity index (χ2n) is 8.08. The van der Waals surface area contributed by atoms with Crippen molar-refractivity contribution in [1.82, 2.24) is 9.80 Å². The van der Waals surface area contributed by atoms with Crippen LogP contribution in [0.4, 0.5) is 25.0 Å². The van der Waals surface area contributed by atoms with Gasteiger partial charge in [0.15, 0.2) is 11.6 Å². The highest BCUT2D eigenvalue weighted by Crippen LogP contribution is 2.29. The maximum absolute atomic E-state index is 14.2. The number of hydrogen-bond donors (Lipinski definition) is 0. The maximum atomic E-state index is 14.2. The van der Waals surface area contributed by atoms with Gasteiger partial charge in [-0.15, -0.1) is 0 Å². The number of ether oxygens (including phenoxy) is 1. The van der Waals surface area contributed by atoms with Crippen LogP contribution in [-0.2, 0) is 4.74 Å². The zero-order valence-corrected chi connectivity index (χ0v) is 16.2. The van der Waals surface area contributed by atoms with Crippen LogP contribution in [0.5, 0.6) is 0 Å². The van der Waals surface area contributed by atoms with E-state index in [1.165, 1.54) is 0 Å². The van der Waals surface area contributed by atoms with Crippen LogP contribution in [-0.4, -0.2) is 71.7 Å². The van der Waals surface area contributed by atoms with Crippen LogP contribution in [0.1, 0.15) is 20.8 Å². The Balaban J connectivity index is 1.54. The molecule has 0 saturated carbocycles. The van der Waals surface area contributed by atoms with Gasteiger partial charge in [-0.2, -0.15) is 0 Å². The molecule has 1 aromatic rings. The first-order chi connectivity index (χ1) is 13.0. The topological polar surface area (TPSA) is 79.2 Å². The maximum Gasteiger partial charge on any atom is 0.410 e. The van der Waals surface area contributed by atoms with Crippen molar-refractivity contribution in [3.8, 4) is 0 Å². The summed E-state index contributed by atoms with van der Waals surface area (Å²) in [6, 6.07) is 1.69. The molecule has 0 radical (unpaired) electrons. The molecule has 28 heavy (non-hydrogen) atoms. The normalized spacial score (nSPS) is 18.8. The number of carbonyl (C=O) groups excluding carboxylic acids is 1. The molecule has 0 unspecified atom stereocenters. The Hall–Kier alpha value is -2.49. The number of likely N-dealkylation sites (tertiary alicyclic amines) is 1. The van der Waals surface area contributed by atoms with Crippen LogP contribution in [0.15, 0.2) is 12.1 Å². The van der Waals surface area contributed by atoms with Gasteiger partial charge >= 0.3 is 6.09 Å². The lowest BCUT2D eigenvalue weighted by atomic mass is 10.1. The molecule has 2 saturated heterocycles. The molecule has 3 rings (SSSR count).